The molecule has 0 spiro atoms. The Labute approximate surface area is 161 Å². The summed E-state index contributed by atoms with van der Waals surface area (Å²) in [6, 6.07) is 4.10. The Kier molecular flexibility index (Phi) is 6.05. The number of benzene rings is 1. The third kappa shape index (κ3) is 4.61. The summed E-state index contributed by atoms with van der Waals surface area (Å²) >= 11 is 0. The number of hydrogen-bond donors (Lipinski definition) is 3. The largest absolute Gasteiger partial charge is 0.494 e. The van der Waals surface area contributed by atoms with E-state index in [0.717, 1.165) is 36.9 Å². The molecule has 0 radical (unpaired) electrons. The Morgan fingerprint density at radius 2 is 2.00 bits per heavy atom. The van der Waals surface area contributed by atoms with Gasteiger partial charge in [0.1, 0.15) is 5.75 Å². The molecule has 0 aromatic heterocycles. The second-order valence-corrected chi connectivity index (χ2v) is 8.32. The highest BCUT2D eigenvalue weighted by Gasteiger charge is 2.34. The fourth-order valence-electron chi connectivity index (χ4n) is 4.33. The number of nitrogens with one attached hydrogen (secondary N) is 2. The van der Waals surface area contributed by atoms with Gasteiger partial charge < -0.3 is 21.1 Å². The van der Waals surface area contributed by atoms with Crippen LogP contribution in [0.2, 0.25) is 0 Å². The molecule has 27 heavy (non-hydrogen) atoms. The first-order valence-corrected chi connectivity index (χ1v) is 9.94. The lowest BCUT2D eigenvalue weighted by Gasteiger charge is -2.36. The van der Waals surface area contributed by atoms with Gasteiger partial charge in [0.15, 0.2) is 0 Å². The van der Waals surface area contributed by atoms with E-state index in [1.807, 2.05) is 26.0 Å². The predicted octanol–water partition coefficient (Wildman–Crippen LogP) is 3.62. The van der Waals surface area contributed by atoms with Gasteiger partial charge >= 0.3 is 0 Å². The Hall–Kier alpha value is -2.08. The number of anilines is 2. The van der Waals surface area contributed by atoms with E-state index < -0.39 is 0 Å². The smallest absolute Gasteiger partial charge is 0.225 e. The van der Waals surface area contributed by atoms with Crippen molar-refractivity contribution in [2.45, 2.75) is 64.3 Å². The Morgan fingerprint density at radius 1 is 1.30 bits per heavy atom. The van der Waals surface area contributed by atoms with Crippen molar-refractivity contribution in [3.63, 3.8) is 0 Å². The molecule has 1 aromatic rings. The summed E-state index contributed by atoms with van der Waals surface area (Å²) in [5.74, 6) is 1.48. The monoisotopic (exact) mass is 373 g/mol. The van der Waals surface area contributed by atoms with Gasteiger partial charge in [0.05, 0.1) is 12.8 Å². The van der Waals surface area contributed by atoms with Crippen LogP contribution in [0.15, 0.2) is 12.1 Å². The number of amides is 2. The van der Waals surface area contributed by atoms with Crippen LogP contribution in [0.4, 0.5) is 11.4 Å². The summed E-state index contributed by atoms with van der Waals surface area (Å²) in [5, 5.41) is 5.96. The molecule has 6 heteroatoms. The molecule has 6 nitrogen and oxygen atoms in total. The van der Waals surface area contributed by atoms with E-state index in [4.69, 9.17) is 10.5 Å². The van der Waals surface area contributed by atoms with Crippen LogP contribution in [0, 0.1) is 11.8 Å². The highest BCUT2D eigenvalue weighted by molar-refractivity contribution is 5.98. The van der Waals surface area contributed by atoms with Gasteiger partial charge in [0.2, 0.25) is 11.8 Å². The normalized spacial score (nSPS) is 24.9. The first-order chi connectivity index (χ1) is 12.9. The average molecular weight is 373 g/mol. The lowest BCUT2D eigenvalue weighted by atomic mass is 9.72. The number of nitrogens with two attached hydrogens (primary N) is 1. The minimum Gasteiger partial charge on any atom is -0.494 e. The Morgan fingerprint density at radius 3 is 2.63 bits per heavy atom. The number of methoxy groups -OCH3 is 1. The highest BCUT2D eigenvalue weighted by atomic mass is 16.5. The summed E-state index contributed by atoms with van der Waals surface area (Å²) in [7, 11) is 1.57. The maximum absolute atomic E-state index is 12.3. The molecule has 0 unspecified atom stereocenters. The summed E-state index contributed by atoms with van der Waals surface area (Å²) < 4.78 is 5.46. The summed E-state index contributed by atoms with van der Waals surface area (Å²) in [5.41, 5.74) is 8.63. The molecule has 3 rings (SSSR count). The summed E-state index contributed by atoms with van der Waals surface area (Å²) in [6.45, 7) is 4.03. The fraction of sp³-hybridized carbons (Fsp3) is 0.619. The van der Waals surface area contributed by atoms with Crippen LogP contribution >= 0.6 is 0 Å². The van der Waals surface area contributed by atoms with Crippen LogP contribution in [0.3, 0.4) is 0 Å². The lowest BCUT2D eigenvalue weighted by molar-refractivity contribution is -0.118. The number of carbonyl (C=O) groups is 2. The third-order valence-corrected chi connectivity index (χ3v) is 5.70. The Balaban J connectivity index is 1.91. The van der Waals surface area contributed by atoms with Crippen LogP contribution in [0.5, 0.6) is 5.75 Å². The van der Waals surface area contributed by atoms with Crippen molar-refractivity contribution in [2.75, 3.05) is 17.7 Å². The standard InChI is InChI=1S/C21H31N3O3/c1-12(2)8-20(25)24-18-9-16-15(13-4-6-14(22)7-5-13)10-21(26)23-17(16)11-19(18)27-3/h9,11-15H,4-8,10,22H2,1-3H3,(H,23,26)(H,24,25)/t13?,14?,15-/m0/s1. The van der Waals surface area contributed by atoms with E-state index in [0.29, 0.717) is 30.2 Å². The molecular weight excluding hydrogens is 342 g/mol. The van der Waals surface area contributed by atoms with E-state index in [2.05, 4.69) is 10.6 Å². The van der Waals surface area contributed by atoms with Crippen molar-refractivity contribution in [3.05, 3.63) is 17.7 Å². The number of rotatable bonds is 5. The van der Waals surface area contributed by atoms with E-state index in [-0.39, 0.29) is 29.7 Å². The van der Waals surface area contributed by atoms with Gasteiger partial charge in [-0.1, -0.05) is 13.8 Å². The molecular formula is C21H31N3O3. The molecule has 2 amide bonds. The van der Waals surface area contributed by atoms with E-state index >= 15 is 0 Å². The predicted molar refractivity (Wildman–Crippen MR) is 107 cm³/mol. The number of fused-ring (bicyclic) bond motifs is 1. The summed E-state index contributed by atoms with van der Waals surface area (Å²) in [4.78, 5) is 24.6. The van der Waals surface area contributed by atoms with Gasteiger partial charge in [0, 0.05) is 30.6 Å². The maximum Gasteiger partial charge on any atom is 0.225 e. The van der Waals surface area contributed by atoms with Crippen LogP contribution in [0.1, 0.15) is 63.9 Å². The van der Waals surface area contributed by atoms with Gasteiger partial charge in [-0.25, -0.2) is 0 Å². The number of carbonyl (C=O) groups excluding carboxylic acids is 2. The molecule has 1 saturated carbocycles. The second-order valence-electron chi connectivity index (χ2n) is 8.32. The molecule has 148 valence electrons. The Bertz CT molecular complexity index is 709. The third-order valence-electron chi connectivity index (χ3n) is 5.70. The van der Waals surface area contributed by atoms with Crippen molar-refractivity contribution in [2.24, 2.45) is 17.6 Å². The van der Waals surface area contributed by atoms with Crippen molar-refractivity contribution < 1.29 is 14.3 Å². The van der Waals surface area contributed by atoms with Gasteiger partial charge in [-0.2, -0.15) is 0 Å². The first kappa shape index (κ1) is 19.7. The zero-order valence-electron chi connectivity index (χ0n) is 16.5. The van der Waals surface area contributed by atoms with Crippen molar-refractivity contribution in [1.29, 1.82) is 0 Å². The van der Waals surface area contributed by atoms with E-state index in [1.165, 1.54) is 0 Å². The molecule has 1 aliphatic carbocycles. The second kappa shape index (κ2) is 8.30. The molecule has 4 N–H and O–H groups in total. The lowest BCUT2D eigenvalue weighted by Crippen LogP contribution is -2.33. The fourth-order valence-corrected chi connectivity index (χ4v) is 4.33. The highest BCUT2D eigenvalue weighted by Crippen LogP contribution is 2.46. The van der Waals surface area contributed by atoms with Crippen LogP contribution in [-0.4, -0.2) is 25.0 Å². The molecule has 1 fully saturated rings. The number of hydrogen-bond acceptors (Lipinski definition) is 4. The van der Waals surface area contributed by atoms with Crippen LogP contribution in [-0.2, 0) is 9.59 Å². The molecule has 2 aliphatic rings. The molecule has 1 heterocycles. The SMILES string of the molecule is COc1cc2c(cc1NC(=O)CC(C)C)[C@H](C1CCC(N)CC1)CC(=O)N2. The quantitative estimate of drug-likeness (QED) is 0.735. The molecule has 1 aliphatic heterocycles. The zero-order valence-corrected chi connectivity index (χ0v) is 16.5. The summed E-state index contributed by atoms with van der Waals surface area (Å²) in [6.07, 6.45) is 5.04. The van der Waals surface area contributed by atoms with Gasteiger partial charge in [-0.15, -0.1) is 0 Å². The maximum atomic E-state index is 12.3. The van der Waals surface area contributed by atoms with E-state index in [9.17, 15) is 9.59 Å². The van der Waals surface area contributed by atoms with Gasteiger partial charge in [-0.3, -0.25) is 9.59 Å². The molecule has 1 atom stereocenters. The van der Waals surface area contributed by atoms with Crippen LogP contribution < -0.4 is 21.1 Å². The van der Waals surface area contributed by atoms with Crippen LogP contribution in [0.25, 0.3) is 0 Å². The zero-order chi connectivity index (χ0) is 19.6. The van der Waals surface area contributed by atoms with Gasteiger partial charge in [0.25, 0.3) is 0 Å². The molecule has 0 bridgehead atoms. The van der Waals surface area contributed by atoms with Gasteiger partial charge in [-0.05, 0) is 55.1 Å². The first-order valence-electron chi connectivity index (χ1n) is 9.94. The molecule has 0 saturated heterocycles. The topological polar surface area (TPSA) is 93.4 Å². The molecule has 1 aromatic carbocycles. The van der Waals surface area contributed by atoms with Crippen molar-refractivity contribution in [3.8, 4) is 5.75 Å². The van der Waals surface area contributed by atoms with E-state index in [1.54, 1.807) is 7.11 Å². The number of ether oxygens (including phenoxy) is 1. The van der Waals surface area contributed by atoms with Crippen molar-refractivity contribution >= 4 is 23.2 Å². The average Bonchev–Trinajstić information content (AvgIpc) is 2.60. The minimum absolute atomic E-state index is 0.0247. The minimum atomic E-state index is -0.0247. The van der Waals surface area contributed by atoms with Crippen molar-refractivity contribution in [1.82, 2.24) is 0 Å².